The van der Waals surface area contributed by atoms with E-state index in [0.717, 1.165) is 73.5 Å². The van der Waals surface area contributed by atoms with Crippen molar-refractivity contribution in [3.05, 3.63) is 169 Å². The van der Waals surface area contributed by atoms with Crippen molar-refractivity contribution < 1.29 is 4.74 Å². The largest absolute Gasteiger partial charge is 0.455 e. The van der Waals surface area contributed by atoms with Gasteiger partial charge in [0, 0.05) is 11.9 Å². The fourth-order valence-electron chi connectivity index (χ4n) is 7.40. The van der Waals surface area contributed by atoms with E-state index in [-0.39, 0.29) is 0 Å². The molecule has 2 aliphatic rings. The highest BCUT2D eigenvalue weighted by molar-refractivity contribution is 7.99. The van der Waals surface area contributed by atoms with Crippen molar-refractivity contribution in [3.63, 3.8) is 0 Å². The molecule has 10 rings (SSSR count). The second kappa shape index (κ2) is 11.9. The molecule has 3 nitrogen and oxygen atoms in total. The van der Waals surface area contributed by atoms with E-state index < -0.39 is 0 Å². The van der Waals surface area contributed by atoms with Gasteiger partial charge in [0.05, 0.1) is 21.2 Å². The van der Waals surface area contributed by atoms with E-state index in [9.17, 15) is 0 Å². The minimum Gasteiger partial charge on any atom is -0.455 e. The minimum absolute atomic E-state index is 0.869. The summed E-state index contributed by atoms with van der Waals surface area (Å²) in [5.74, 6) is 1.79. The molecule has 8 aromatic rings. The Morgan fingerprint density at radius 1 is 0.480 bits per heavy atom. The molecular formula is C46H30N2OS. The van der Waals surface area contributed by atoms with Crippen molar-refractivity contribution >= 4 is 55.5 Å². The van der Waals surface area contributed by atoms with Crippen molar-refractivity contribution in [2.75, 3.05) is 0 Å². The molecule has 50 heavy (non-hydrogen) atoms. The Balaban J connectivity index is 1.15. The van der Waals surface area contributed by atoms with E-state index in [2.05, 4.69) is 126 Å². The normalized spacial score (nSPS) is 13.8. The molecule has 0 saturated heterocycles. The summed E-state index contributed by atoms with van der Waals surface area (Å²) in [7, 11) is 0. The Morgan fingerprint density at radius 3 is 1.86 bits per heavy atom. The van der Waals surface area contributed by atoms with Crippen LogP contribution in [-0.4, -0.2) is 10.7 Å². The second-order valence-corrected chi connectivity index (χ2v) is 13.9. The summed E-state index contributed by atoms with van der Waals surface area (Å²) >= 11 is 1.76. The first-order valence-electron chi connectivity index (χ1n) is 17.0. The van der Waals surface area contributed by atoms with Crippen molar-refractivity contribution in [1.82, 2.24) is 4.98 Å². The number of benzene rings is 7. The van der Waals surface area contributed by atoms with Crippen LogP contribution in [0, 0.1) is 0 Å². The van der Waals surface area contributed by atoms with Crippen LogP contribution in [0.1, 0.15) is 24.1 Å². The number of rotatable bonds is 4. The maximum absolute atomic E-state index is 6.43. The number of hydrogen-bond donors (Lipinski definition) is 0. The monoisotopic (exact) mass is 658 g/mol. The maximum atomic E-state index is 6.43. The fraction of sp³-hybridized carbons (Fsp3) is 0.0435. The lowest BCUT2D eigenvalue weighted by atomic mass is 9.89. The smallest absolute Gasteiger partial charge is 0.142 e. The van der Waals surface area contributed by atoms with Gasteiger partial charge in [0.2, 0.25) is 0 Å². The molecule has 0 amide bonds. The van der Waals surface area contributed by atoms with Gasteiger partial charge in [0.15, 0.2) is 0 Å². The number of pyridine rings is 1. The average Bonchev–Trinajstić information content (AvgIpc) is 3.20. The van der Waals surface area contributed by atoms with Crippen LogP contribution >= 0.6 is 11.8 Å². The number of fused-ring (bicyclic) bond motifs is 8. The zero-order chi connectivity index (χ0) is 33.0. The number of aromatic nitrogens is 1. The molecule has 0 aliphatic carbocycles. The second-order valence-electron chi connectivity index (χ2n) is 12.9. The van der Waals surface area contributed by atoms with Gasteiger partial charge >= 0.3 is 0 Å². The summed E-state index contributed by atoms with van der Waals surface area (Å²) in [5.41, 5.74) is 8.62. The number of ether oxygens (including phenoxy) is 1. The molecule has 2 aliphatic heterocycles. The molecule has 4 heteroatoms. The summed E-state index contributed by atoms with van der Waals surface area (Å²) in [6.45, 7) is 0. The fourth-order valence-corrected chi connectivity index (χ4v) is 8.33. The van der Waals surface area contributed by atoms with Crippen LogP contribution in [0.2, 0.25) is 0 Å². The van der Waals surface area contributed by atoms with Gasteiger partial charge < -0.3 is 4.74 Å². The molecule has 0 bridgehead atoms. The van der Waals surface area contributed by atoms with Gasteiger partial charge in [-0.2, -0.15) is 0 Å². The topological polar surface area (TPSA) is 34.5 Å². The number of para-hydroxylation sites is 1. The lowest BCUT2D eigenvalue weighted by Gasteiger charge is -2.20. The van der Waals surface area contributed by atoms with E-state index in [1.807, 2.05) is 36.5 Å². The molecule has 0 atom stereocenters. The highest BCUT2D eigenvalue weighted by Gasteiger charge is 2.20. The van der Waals surface area contributed by atoms with Gasteiger partial charge in [0.1, 0.15) is 11.5 Å². The van der Waals surface area contributed by atoms with E-state index in [1.54, 1.807) is 11.8 Å². The standard InChI is InChI=1S/C46H30N2OS/c1-2-12-36-34(10-1)35-11-3-4-13-37(35)39-27-29(19-21-38(36)39)31-24-32(30-20-22-46-44(28-30)49-43-17-5-6-18-45(43)50-46)26-33(25-31)40-15-9-16-42(48-40)41-14-7-8-23-47-41/h1-8,10-14,16-28H,9,15H2. The third-order valence-electron chi connectivity index (χ3n) is 9.81. The van der Waals surface area contributed by atoms with Crippen LogP contribution in [0.25, 0.3) is 60.3 Å². The molecular weight excluding hydrogens is 629 g/mol. The van der Waals surface area contributed by atoms with Gasteiger partial charge in [-0.15, -0.1) is 0 Å². The Kier molecular flexibility index (Phi) is 6.88. The summed E-state index contributed by atoms with van der Waals surface area (Å²) in [6, 6.07) is 52.2. The zero-order valence-electron chi connectivity index (χ0n) is 27.1. The predicted molar refractivity (Wildman–Crippen MR) is 208 cm³/mol. The Morgan fingerprint density at radius 2 is 1.10 bits per heavy atom. The summed E-state index contributed by atoms with van der Waals surface area (Å²) in [4.78, 5) is 12.1. The molecule has 0 unspecified atom stereocenters. The molecule has 0 saturated carbocycles. The molecule has 3 heterocycles. The van der Waals surface area contributed by atoms with Crippen LogP contribution in [0.3, 0.4) is 0 Å². The number of aliphatic imine (C=N–C) groups is 1. The minimum atomic E-state index is 0.869. The van der Waals surface area contributed by atoms with Crippen LogP contribution in [0.15, 0.2) is 173 Å². The maximum Gasteiger partial charge on any atom is 0.142 e. The highest BCUT2D eigenvalue weighted by atomic mass is 32.2. The lowest BCUT2D eigenvalue weighted by Crippen LogP contribution is -2.06. The Hall–Kier alpha value is -5.97. The van der Waals surface area contributed by atoms with Crippen molar-refractivity contribution in [1.29, 1.82) is 0 Å². The predicted octanol–water partition coefficient (Wildman–Crippen LogP) is 12.8. The van der Waals surface area contributed by atoms with E-state index >= 15 is 0 Å². The first kappa shape index (κ1) is 29.0. The summed E-state index contributed by atoms with van der Waals surface area (Å²) in [6.07, 6.45) is 5.82. The van der Waals surface area contributed by atoms with Crippen molar-refractivity contribution in [3.8, 4) is 33.8 Å². The van der Waals surface area contributed by atoms with Crippen LogP contribution in [0.5, 0.6) is 11.5 Å². The number of allylic oxidation sites excluding steroid dienone is 1. The van der Waals surface area contributed by atoms with Crippen LogP contribution in [0.4, 0.5) is 0 Å². The van der Waals surface area contributed by atoms with E-state index in [4.69, 9.17) is 9.73 Å². The van der Waals surface area contributed by atoms with Crippen LogP contribution in [-0.2, 0) is 0 Å². The average molecular weight is 659 g/mol. The van der Waals surface area contributed by atoms with E-state index in [1.165, 1.54) is 37.9 Å². The van der Waals surface area contributed by atoms with Gasteiger partial charge in [-0.1, -0.05) is 103 Å². The SMILES string of the molecule is C1=C(c2ccccn2)N=C(c2cc(-c3ccc4c(c3)Oc3ccccc3S4)cc(-c3ccc4c5ccccc5c5ccccc5c4c3)c2)CC1. The van der Waals surface area contributed by atoms with Crippen LogP contribution < -0.4 is 4.74 Å². The molecule has 1 aromatic heterocycles. The molecule has 236 valence electrons. The van der Waals surface area contributed by atoms with E-state index in [0.29, 0.717) is 0 Å². The quantitative estimate of drug-likeness (QED) is 0.177. The Labute approximate surface area is 294 Å². The molecule has 0 fully saturated rings. The molecule has 0 N–H and O–H groups in total. The van der Waals surface area contributed by atoms with Gasteiger partial charge in [-0.3, -0.25) is 9.98 Å². The number of hydrogen-bond acceptors (Lipinski definition) is 4. The van der Waals surface area contributed by atoms with Crippen molar-refractivity contribution in [2.45, 2.75) is 22.6 Å². The first-order valence-corrected chi connectivity index (χ1v) is 17.8. The molecule has 0 radical (unpaired) electrons. The summed E-state index contributed by atoms with van der Waals surface area (Å²) < 4.78 is 6.43. The third-order valence-corrected chi connectivity index (χ3v) is 10.9. The van der Waals surface area contributed by atoms with Gasteiger partial charge in [0.25, 0.3) is 0 Å². The van der Waals surface area contributed by atoms with Gasteiger partial charge in [-0.25, -0.2) is 0 Å². The third kappa shape index (κ3) is 4.99. The number of nitrogens with zero attached hydrogens (tertiary/aromatic N) is 2. The van der Waals surface area contributed by atoms with Crippen molar-refractivity contribution in [2.24, 2.45) is 4.99 Å². The Bertz CT molecular complexity index is 2680. The van der Waals surface area contributed by atoms with Gasteiger partial charge in [-0.05, 0) is 134 Å². The molecule has 0 spiro atoms. The molecule has 7 aromatic carbocycles. The highest BCUT2D eigenvalue weighted by Crippen LogP contribution is 2.48. The summed E-state index contributed by atoms with van der Waals surface area (Å²) in [5, 5.41) is 7.64. The zero-order valence-corrected chi connectivity index (χ0v) is 28.0. The lowest BCUT2D eigenvalue weighted by molar-refractivity contribution is 0.455. The first-order chi connectivity index (χ1) is 24.7.